The van der Waals surface area contributed by atoms with Crippen molar-refractivity contribution in [3.63, 3.8) is 0 Å². The molecule has 3 aromatic rings. The lowest BCUT2D eigenvalue weighted by Gasteiger charge is -2.09. The average molecular weight is 385 g/mol. The van der Waals surface area contributed by atoms with E-state index in [-0.39, 0.29) is 11.7 Å². The Morgan fingerprint density at radius 1 is 1.11 bits per heavy atom. The Labute approximate surface area is 161 Å². The van der Waals surface area contributed by atoms with Gasteiger partial charge in [0, 0.05) is 29.6 Å². The lowest BCUT2D eigenvalue weighted by molar-refractivity contribution is 0.0953. The lowest BCUT2D eigenvalue weighted by atomic mass is 10.1. The van der Waals surface area contributed by atoms with Gasteiger partial charge in [0.15, 0.2) is 0 Å². The van der Waals surface area contributed by atoms with E-state index in [4.69, 9.17) is 11.6 Å². The maximum absolute atomic E-state index is 13.6. The van der Waals surface area contributed by atoms with Crippen LogP contribution < -0.4 is 10.6 Å². The van der Waals surface area contributed by atoms with E-state index in [1.807, 2.05) is 19.1 Å². The number of aromatic nitrogens is 2. The molecule has 0 aliphatic rings. The minimum absolute atomic E-state index is 0.276. The standard InChI is InChI=1S/C20H18ClFN4O/c1-13-16(21)6-4-8-18(13)26-20-24-11-15(12-25-20)19(27)23-10-9-14-5-2-3-7-17(14)22/h2-8,11-12H,9-10H2,1H3,(H,23,27)(H,24,25,26). The van der Waals surface area contributed by atoms with Crippen molar-refractivity contribution in [1.29, 1.82) is 0 Å². The van der Waals surface area contributed by atoms with E-state index in [1.54, 1.807) is 24.3 Å². The van der Waals surface area contributed by atoms with Crippen molar-refractivity contribution in [2.45, 2.75) is 13.3 Å². The van der Waals surface area contributed by atoms with Gasteiger partial charge in [-0.05, 0) is 42.7 Å². The Bertz CT molecular complexity index is 947. The summed E-state index contributed by atoms with van der Waals surface area (Å²) >= 11 is 6.09. The van der Waals surface area contributed by atoms with Gasteiger partial charge >= 0.3 is 0 Å². The van der Waals surface area contributed by atoms with Crippen LogP contribution in [0.4, 0.5) is 16.0 Å². The van der Waals surface area contributed by atoms with Gasteiger partial charge in [0.05, 0.1) is 5.56 Å². The van der Waals surface area contributed by atoms with E-state index in [0.29, 0.717) is 35.1 Å². The third kappa shape index (κ3) is 4.80. The Morgan fingerprint density at radius 3 is 2.59 bits per heavy atom. The summed E-state index contributed by atoms with van der Waals surface area (Å²) in [6.45, 7) is 2.21. The van der Waals surface area contributed by atoms with Crippen molar-refractivity contribution in [3.8, 4) is 0 Å². The van der Waals surface area contributed by atoms with Gasteiger partial charge in [0.1, 0.15) is 5.82 Å². The maximum atomic E-state index is 13.6. The third-order valence-corrected chi connectivity index (χ3v) is 4.48. The van der Waals surface area contributed by atoms with Crippen LogP contribution in [-0.2, 0) is 6.42 Å². The van der Waals surface area contributed by atoms with Gasteiger partial charge in [0.25, 0.3) is 5.91 Å². The highest BCUT2D eigenvalue weighted by Gasteiger charge is 2.09. The highest BCUT2D eigenvalue weighted by Crippen LogP contribution is 2.24. The molecule has 138 valence electrons. The Hall–Kier alpha value is -2.99. The summed E-state index contributed by atoms with van der Waals surface area (Å²) in [4.78, 5) is 20.5. The van der Waals surface area contributed by atoms with Crippen LogP contribution in [0.3, 0.4) is 0 Å². The van der Waals surface area contributed by atoms with E-state index in [9.17, 15) is 9.18 Å². The highest BCUT2D eigenvalue weighted by molar-refractivity contribution is 6.31. The second-order valence-electron chi connectivity index (χ2n) is 5.93. The topological polar surface area (TPSA) is 66.9 Å². The number of benzene rings is 2. The van der Waals surface area contributed by atoms with Crippen molar-refractivity contribution >= 4 is 29.1 Å². The largest absolute Gasteiger partial charge is 0.352 e. The first-order valence-electron chi connectivity index (χ1n) is 8.40. The number of anilines is 2. The van der Waals surface area contributed by atoms with E-state index in [1.165, 1.54) is 18.5 Å². The monoisotopic (exact) mass is 384 g/mol. The first kappa shape index (κ1) is 18.8. The van der Waals surface area contributed by atoms with Gasteiger partial charge in [-0.15, -0.1) is 0 Å². The van der Waals surface area contributed by atoms with Crippen LogP contribution >= 0.6 is 11.6 Å². The van der Waals surface area contributed by atoms with Crippen LogP contribution in [0.15, 0.2) is 54.9 Å². The lowest BCUT2D eigenvalue weighted by Crippen LogP contribution is -2.26. The summed E-state index contributed by atoms with van der Waals surface area (Å²) in [6, 6.07) is 12.0. The van der Waals surface area contributed by atoms with Gasteiger partial charge < -0.3 is 10.6 Å². The van der Waals surface area contributed by atoms with Crippen LogP contribution in [0.1, 0.15) is 21.5 Å². The minimum Gasteiger partial charge on any atom is -0.352 e. The fraction of sp³-hybridized carbons (Fsp3) is 0.150. The molecule has 2 N–H and O–H groups in total. The summed E-state index contributed by atoms with van der Waals surface area (Å²) in [5.74, 6) is -0.220. The molecule has 0 unspecified atom stereocenters. The second kappa shape index (κ2) is 8.60. The molecule has 2 aromatic carbocycles. The molecule has 0 saturated heterocycles. The zero-order valence-corrected chi connectivity index (χ0v) is 15.4. The highest BCUT2D eigenvalue weighted by atomic mass is 35.5. The van der Waals surface area contributed by atoms with Crippen molar-refractivity contribution in [1.82, 2.24) is 15.3 Å². The SMILES string of the molecule is Cc1c(Cl)cccc1Nc1ncc(C(=O)NCCc2ccccc2F)cn1. The molecule has 1 aromatic heterocycles. The van der Waals surface area contributed by atoms with Gasteiger partial charge in [-0.1, -0.05) is 35.9 Å². The number of amides is 1. The summed E-state index contributed by atoms with van der Waals surface area (Å²) in [7, 11) is 0. The molecule has 5 nitrogen and oxygen atoms in total. The number of hydrogen-bond donors (Lipinski definition) is 2. The Balaban J connectivity index is 1.57. The number of nitrogens with zero attached hydrogens (tertiary/aromatic N) is 2. The number of hydrogen-bond acceptors (Lipinski definition) is 4. The fourth-order valence-corrected chi connectivity index (χ4v) is 2.66. The molecule has 27 heavy (non-hydrogen) atoms. The van der Waals surface area contributed by atoms with Crippen LogP contribution in [-0.4, -0.2) is 22.4 Å². The summed E-state index contributed by atoms with van der Waals surface area (Å²) in [6.07, 6.45) is 3.29. The molecule has 0 radical (unpaired) electrons. The first-order valence-corrected chi connectivity index (χ1v) is 8.78. The number of halogens is 2. The molecule has 0 saturated carbocycles. The molecule has 0 bridgehead atoms. The predicted octanol–water partition coefficient (Wildman–Crippen LogP) is 4.29. The van der Waals surface area contributed by atoms with E-state index in [2.05, 4.69) is 20.6 Å². The van der Waals surface area contributed by atoms with Crippen molar-refractivity contribution < 1.29 is 9.18 Å². The van der Waals surface area contributed by atoms with Crippen molar-refractivity contribution in [3.05, 3.63) is 82.4 Å². The number of rotatable bonds is 6. The number of carbonyl (C=O) groups is 1. The third-order valence-electron chi connectivity index (χ3n) is 4.07. The summed E-state index contributed by atoms with van der Waals surface area (Å²) in [5.41, 5.74) is 2.57. The van der Waals surface area contributed by atoms with Crippen molar-refractivity contribution in [2.24, 2.45) is 0 Å². The van der Waals surface area contributed by atoms with Crippen LogP contribution in [0.25, 0.3) is 0 Å². The van der Waals surface area contributed by atoms with E-state index < -0.39 is 0 Å². The Kier molecular flexibility index (Phi) is 5.98. The molecule has 0 fully saturated rings. The first-order chi connectivity index (χ1) is 13.0. The maximum Gasteiger partial charge on any atom is 0.254 e. The molecule has 1 heterocycles. The molecule has 0 aliphatic heterocycles. The van der Waals surface area contributed by atoms with Crippen LogP contribution in [0.2, 0.25) is 5.02 Å². The average Bonchev–Trinajstić information content (AvgIpc) is 2.67. The molecule has 0 aliphatic carbocycles. The molecule has 1 amide bonds. The van der Waals surface area contributed by atoms with E-state index >= 15 is 0 Å². The minimum atomic E-state index is -0.308. The quantitative estimate of drug-likeness (QED) is 0.665. The van der Waals surface area contributed by atoms with Gasteiger partial charge in [-0.3, -0.25) is 4.79 Å². The molecule has 3 rings (SSSR count). The zero-order valence-electron chi connectivity index (χ0n) is 14.7. The number of nitrogens with one attached hydrogen (secondary N) is 2. The molecular formula is C20H18ClFN4O. The van der Waals surface area contributed by atoms with Gasteiger partial charge in [0.2, 0.25) is 5.95 Å². The molecule has 0 atom stereocenters. The summed E-state index contributed by atoms with van der Waals surface area (Å²) < 4.78 is 13.6. The predicted molar refractivity (Wildman–Crippen MR) is 104 cm³/mol. The Morgan fingerprint density at radius 2 is 1.85 bits per heavy atom. The second-order valence-corrected chi connectivity index (χ2v) is 6.34. The van der Waals surface area contributed by atoms with Gasteiger partial charge in [-0.25, -0.2) is 14.4 Å². The molecule has 7 heteroatoms. The smallest absolute Gasteiger partial charge is 0.254 e. The van der Waals surface area contributed by atoms with Crippen molar-refractivity contribution in [2.75, 3.05) is 11.9 Å². The zero-order chi connectivity index (χ0) is 19.2. The summed E-state index contributed by atoms with van der Waals surface area (Å²) in [5, 5.41) is 6.45. The van der Waals surface area contributed by atoms with Crippen LogP contribution in [0.5, 0.6) is 0 Å². The van der Waals surface area contributed by atoms with E-state index in [0.717, 1.165) is 11.3 Å². The fourth-order valence-electron chi connectivity index (χ4n) is 2.49. The molecule has 0 spiro atoms. The van der Waals surface area contributed by atoms with Gasteiger partial charge in [-0.2, -0.15) is 0 Å². The number of carbonyl (C=O) groups excluding carboxylic acids is 1. The normalized spacial score (nSPS) is 10.5. The van der Waals surface area contributed by atoms with Crippen LogP contribution in [0, 0.1) is 12.7 Å². The molecular weight excluding hydrogens is 367 g/mol.